The minimum absolute atomic E-state index is 0.398. The zero-order valence-corrected chi connectivity index (χ0v) is 10.4. The summed E-state index contributed by atoms with van der Waals surface area (Å²) in [6.07, 6.45) is 2.93. The zero-order chi connectivity index (χ0) is 11.8. The second kappa shape index (κ2) is 7.51. The first-order valence-corrected chi connectivity index (χ1v) is 6.92. The van der Waals surface area contributed by atoms with Crippen LogP contribution in [0.2, 0.25) is 0 Å². The van der Waals surface area contributed by atoms with E-state index in [2.05, 4.69) is 10.6 Å². The van der Waals surface area contributed by atoms with Crippen LogP contribution in [0.1, 0.15) is 6.42 Å². The summed E-state index contributed by atoms with van der Waals surface area (Å²) in [5, 5.41) is 5.79. The number of piperazine rings is 1. The van der Waals surface area contributed by atoms with Crippen molar-refractivity contribution < 1.29 is 9.59 Å². The Kier molecular flexibility index (Phi) is 6.25. The van der Waals surface area contributed by atoms with Gasteiger partial charge in [-0.15, -0.1) is 0 Å². The molecule has 0 radical (unpaired) electrons. The van der Waals surface area contributed by atoms with Gasteiger partial charge in [-0.05, 0) is 18.4 Å². The standard InChI is InChI=1S/C10H19N3O2S/c1-16-8-2-3-12-9(14)10(15)13-6-4-11-5-7-13/h11H,2-8H2,1H3,(H,12,14). The van der Waals surface area contributed by atoms with Gasteiger partial charge in [-0.3, -0.25) is 9.59 Å². The molecule has 0 aliphatic carbocycles. The molecule has 0 aromatic carbocycles. The lowest BCUT2D eigenvalue weighted by Gasteiger charge is -2.26. The van der Waals surface area contributed by atoms with Gasteiger partial charge in [0.25, 0.3) is 0 Å². The van der Waals surface area contributed by atoms with Gasteiger partial charge in [0.1, 0.15) is 0 Å². The maximum absolute atomic E-state index is 11.6. The number of hydrogen-bond donors (Lipinski definition) is 2. The van der Waals surface area contributed by atoms with Crippen molar-refractivity contribution in [3.8, 4) is 0 Å². The average molecular weight is 245 g/mol. The van der Waals surface area contributed by atoms with Crippen LogP contribution >= 0.6 is 11.8 Å². The Balaban J connectivity index is 2.21. The molecular formula is C10H19N3O2S. The number of nitrogens with one attached hydrogen (secondary N) is 2. The van der Waals surface area contributed by atoms with Gasteiger partial charge in [0, 0.05) is 32.7 Å². The molecule has 5 nitrogen and oxygen atoms in total. The molecule has 92 valence electrons. The van der Waals surface area contributed by atoms with Gasteiger partial charge < -0.3 is 15.5 Å². The van der Waals surface area contributed by atoms with E-state index in [4.69, 9.17) is 0 Å². The zero-order valence-electron chi connectivity index (χ0n) is 9.62. The highest BCUT2D eigenvalue weighted by Gasteiger charge is 2.22. The number of carbonyl (C=O) groups is 2. The third kappa shape index (κ3) is 4.40. The summed E-state index contributed by atoms with van der Waals surface area (Å²) in [4.78, 5) is 24.7. The monoisotopic (exact) mass is 245 g/mol. The Morgan fingerprint density at radius 1 is 1.38 bits per heavy atom. The van der Waals surface area contributed by atoms with Crippen molar-refractivity contribution in [2.45, 2.75) is 6.42 Å². The van der Waals surface area contributed by atoms with Gasteiger partial charge in [0.15, 0.2) is 0 Å². The number of rotatable bonds is 4. The fraction of sp³-hybridized carbons (Fsp3) is 0.800. The molecular weight excluding hydrogens is 226 g/mol. The van der Waals surface area contributed by atoms with Crippen molar-refractivity contribution in [2.24, 2.45) is 0 Å². The Labute approximate surface area is 100 Å². The lowest BCUT2D eigenvalue weighted by Crippen LogP contribution is -2.51. The molecule has 2 N–H and O–H groups in total. The van der Waals surface area contributed by atoms with Crippen LogP contribution < -0.4 is 10.6 Å². The molecule has 0 saturated carbocycles. The van der Waals surface area contributed by atoms with Crippen LogP contribution in [0.5, 0.6) is 0 Å². The Morgan fingerprint density at radius 2 is 2.06 bits per heavy atom. The number of hydrogen-bond acceptors (Lipinski definition) is 4. The molecule has 1 aliphatic heterocycles. The molecule has 0 aromatic rings. The molecule has 1 aliphatic rings. The summed E-state index contributed by atoms with van der Waals surface area (Å²) in [6, 6.07) is 0. The molecule has 1 fully saturated rings. The first-order valence-electron chi connectivity index (χ1n) is 5.52. The number of amides is 2. The first-order chi connectivity index (χ1) is 7.75. The second-order valence-corrected chi connectivity index (χ2v) is 4.63. The molecule has 6 heteroatoms. The molecule has 0 unspecified atom stereocenters. The van der Waals surface area contributed by atoms with Crippen molar-refractivity contribution >= 4 is 23.6 Å². The van der Waals surface area contributed by atoms with Crippen LogP contribution in [-0.4, -0.2) is 61.4 Å². The molecule has 0 atom stereocenters. The fourth-order valence-corrected chi connectivity index (χ4v) is 1.94. The third-order valence-electron chi connectivity index (χ3n) is 2.41. The van der Waals surface area contributed by atoms with Crippen LogP contribution in [-0.2, 0) is 9.59 Å². The molecule has 1 heterocycles. The van der Waals surface area contributed by atoms with E-state index in [9.17, 15) is 9.59 Å². The van der Waals surface area contributed by atoms with Gasteiger partial charge in [0.2, 0.25) is 0 Å². The van der Waals surface area contributed by atoms with Gasteiger partial charge in [0.05, 0.1) is 0 Å². The van der Waals surface area contributed by atoms with E-state index in [1.807, 2.05) is 6.26 Å². The molecule has 1 rings (SSSR count). The van der Waals surface area contributed by atoms with E-state index < -0.39 is 11.8 Å². The van der Waals surface area contributed by atoms with Crippen molar-refractivity contribution in [3.63, 3.8) is 0 Å². The Morgan fingerprint density at radius 3 is 2.69 bits per heavy atom. The average Bonchev–Trinajstić information content (AvgIpc) is 2.34. The quantitative estimate of drug-likeness (QED) is 0.507. The minimum atomic E-state index is -0.469. The van der Waals surface area contributed by atoms with Crippen LogP contribution in [0.15, 0.2) is 0 Å². The highest BCUT2D eigenvalue weighted by atomic mass is 32.2. The summed E-state index contributed by atoms with van der Waals surface area (Å²) in [7, 11) is 0. The summed E-state index contributed by atoms with van der Waals surface area (Å²) in [5.74, 6) is 0.135. The topological polar surface area (TPSA) is 61.4 Å². The van der Waals surface area contributed by atoms with Crippen molar-refractivity contribution in [1.29, 1.82) is 0 Å². The smallest absolute Gasteiger partial charge is 0.311 e. The molecule has 0 aromatic heterocycles. The highest BCUT2D eigenvalue weighted by molar-refractivity contribution is 7.98. The molecule has 2 amide bonds. The predicted octanol–water partition coefficient (Wildman–Crippen LogP) is -0.712. The van der Waals surface area contributed by atoms with E-state index in [0.29, 0.717) is 19.6 Å². The summed E-state index contributed by atoms with van der Waals surface area (Å²) in [5.41, 5.74) is 0. The third-order valence-corrected chi connectivity index (χ3v) is 3.11. The fourth-order valence-electron chi connectivity index (χ4n) is 1.51. The van der Waals surface area contributed by atoms with Gasteiger partial charge >= 0.3 is 11.8 Å². The van der Waals surface area contributed by atoms with Crippen LogP contribution in [0.4, 0.5) is 0 Å². The largest absolute Gasteiger partial charge is 0.348 e. The predicted molar refractivity (Wildman–Crippen MR) is 65.5 cm³/mol. The van der Waals surface area contributed by atoms with Crippen molar-refractivity contribution in [2.75, 3.05) is 44.7 Å². The minimum Gasteiger partial charge on any atom is -0.348 e. The van der Waals surface area contributed by atoms with E-state index in [-0.39, 0.29) is 0 Å². The lowest BCUT2D eigenvalue weighted by atomic mass is 10.3. The first kappa shape index (κ1) is 13.3. The van der Waals surface area contributed by atoms with Crippen molar-refractivity contribution in [1.82, 2.24) is 15.5 Å². The van der Waals surface area contributed by atoms with Crippen LogP contribution in [0.3, 0.4) is 0 Å². The Hall–Kier alpha value is -0.750. The summed E-state index contributed by atoms with van der Waals surface area (Å²) in [6.45, 7) is 3.36. The normalized spacial score (nSPS) is 15.9. The Bertz CT molecular complexity index is 242. The molecule has 16 heavy (non-hydrogen) atoms. The second-order valence-electron chi connectivity index (χ2n) is 3.64. The summed E-state index contributed by atoms with van der Waals surface area (Å²) >= 11 is 1.73. The number of nitrogens with zero attached hydrogens (tertiary/aromatic N) is 1. The van der Waals surface area contributed by atoms with Gasteiger partial charge in [-0.1, -0.05) is 0 Å². The lowest BCUT2D eigenvalue weighted by molar-refractivity contribution is -0.146. The van der Waals surface area contributed by atoms with E-state index in [0.717, 1.165) is 25.3 Å². The van der Waals surface area contributed by atoms with Crippen LogP contribution in [0, 0.1) is 0 Å². The number of carbonyl (C=O) groups excluding carboxylic acids is 2. The van der Waals surface area contributed by atoms with Crippen molar-refractivity contribution in [3.05, 3.63) is 0 Å². The molecule has 0 bridgehead atoms. The van der Waals surface area contributed by atoms with Crippen LogP contribution in [0.25, 0.3) is 0 Å². The maximum atomic E-state index is 11.6. The maximum Gasteiger partial charge on any atom is 0.311 e. The SMILES string of the molecule is CSCCCNC(=O)C(=O)N1CCNCC1. The van der Waals surface area contributed by atoms with Gasteiger partial charge in [-0.2, -0.15) is 11.8 Å². The van der Waals surface area contributed by atoms with E-state index in [1.54, 1.807) is 16.7 Å². The number of thioether (sulfide) groups is 1. The highest BCUT2D eigenvalue weighted by Crippen LogP contribution is 1.95. The van der Waals surface area contributed by atoms with E-state index >= 15 is 0 Å². The van der Waals surface area contributed by atoms with E-state index in [1.165, 1.54) is 0 Å². The molecule has 0 spiro atoms. The van der Waals surface area contributed by atoms with Gasteiger partial charge in [-0.25, -0.2) is 0 Å². The molecule has 1 saturated heterocycles. The summed E-state index contributed by atoms with van der Waals surface area (Å²) < 4.78 is 0.